The predicted molar refractivity (Wildman–Crippen MR) is 71.1 cm³/mol. The van der Waals surface area contributed by atoms with Gasteiger partial charge in [0.25, 0.3) is 0 Å². The van der Waals surface area contributed by atoms with Crippen LogP contribution in [-0.2, 0) is 11.3 Å². The number of hydrogen-bond acceptors (Lipinski definition) is 3. The van der Waals surface area contributed by atoms with Crippen molar-refractivity contribution in [3.8, 4) is 0 Å². The van der Waals surface area contributed by atoms with E-state index in [-0.39, 0.29) is 18.3 Å². The third-order valence-corrected chi connectivity index (χ3v) is 3.20. The van der Waals surface area contributed by atoms with Crippen molar-refractivity contribution in [1.29, 1.82) is 0 Å². The third-order valence-electron chi connectivity index (χ3n) is 3.20. The van der Waals surface area contributed by atoms with E-state index in [0.29, 0.717) is 18.7 Å². The summed E-state index contributed by atoms with van der Waals surface area (Å²) in [5.41, 5.74) is 5.46. The number of rotatable bonds is 2. The molecule has 1 atom stereocenters. The van der Waals surface area contributed by atoms with Gasteiger partial charge in [-0.25, -0.2) is 8.78 Å². The summed E-state index contributed by atoms with van der Waals surface area (Å²) in [6.07, 6.45) is -0.0725. The highest BCUT2D eigenvalue weighted by Gasteiger charge is 2.33. The SMILES string of the molecule is CC1CN(c2c(F)cc(CN)cc2F)CC(C)(C)O1. The highest BCUT2D eigenvalue weighted by Crippen LogP contribution is 2.30. The van der Waals surface area contributed by atoms with Gasteiger partial charge in [-0.05, 0) is 38.5 Å². The second kappa shape index (κ2) is 5.06. The number of nitrogens with zero attached hydrogens (tertiary/aromatic N) is 1. The van der Waals surface area contributed by atoms with Gasteiger partial charge in [-0.3, -0.25) is 0 Å². The van der Waals surface area contributed by atoms with Crippen LogP contribution in [0.5, 0.6) is 0 Å². The lowest BCUT2D eigenvalue weighted by Crippen LogP contribution is -2.52. The van der Waals surface area contributed by atoms with Gasteiger partial charge < -0.3 is 15.4 Å². The van der Waals surface area contributed by atoms with Gasteiger partial charge in [0.05, 0.1) is 11.7 Å². The zero-order valence-corrected chi connectivity index (χ0v) is 11.5. The molecule has 1 saturated heterocycles. The molecule has 1 fully saturated rings. The molecule has 1 aliphatic rings. The van der Waals surface area contributed by atoms with E-state index < -0.39 is 17.2 Å². The monoisotopic (exact) mass is 270 g/mol. The molecule has 1 aliphatic heterocycles. The molecule has 19 heavy (non-hydrogen) atoms. The van der Waals surface area contributed by atoms with E-state index in [1.165, 1.54) is 12.1 Å². The molecular formula is C14H20F2N2O. The van der Waals surface area contributed by atoms with Gasteiger partial charge in [-0.15, -0.1) is 0 Å². The van der Waals surface area contributed by atoms with Crippen LogP contribution in [0.2, 0.25) is 0 Å². The zero-order chi connectivity index (χ0) is 14.2. The van der Waals surface area contributed by atoms with Gasteiger partial charge in [0.15, 0.2) is 0 Å². The molecule has 106 valence electrons. The summed E-state index contributed by atoms with van der Waals surface area (Å²) in [6, 6.07) is 2.59. The Bertz CT molecular complexity index is 454. The van der Waals surface area contributed by atoms with Crippen molar-refractivity contribution in [1.82, 2.24) is 0 Å². The number of nitrogens with two attached hydrogens (primary N) is 1. The standard InChI is InChI=1S/C14H20F2N2O/c1-9-7-18(8-14(2,3)19-9)13-11(15)4-10(6-17)5-12(13)16/h4-5,9H,6-8,17H2,1-3H3. The van der Waals surface area contributed by atoms with E-state index in [9.17, 15) is 8.78 Å². The maximum absolute atomic E-state index is 14.1. The van der Waals surface area contributed by atoms with Gasteiger partial charge in [0.2, 0.25) is 0 Å². The number of benzene rings is 1. The maximum Gasteiger partial charge on any atom is 0.149 e. The Morgan fingerprint density at radius 3 is 2.42 bits per heavy atom. The van der Waals surface area contributed by atoms with Crippen LogP contribution in [0.3, 0.4) is 0 Å². The van der Waals surface area contributed by atoms with Crippen LogP contribution in [0, 0.1) is 11.6 Å². The first-order chi connectivity index (χ1) is 8.82. The van der Waals surface area contributed by atoms with Crippen molar-refractivity contribution in [3.63, 3.8) is 0 Å². The molecule has 2 rings (SSSR count). The molecule has 1 unspecified atom stereocenters. The van der Waals surface area contributed by atoms with Crippen LogP contribution < -0.4 is 10.6 Å². The first-order valence-electron chi connectivity index (χ1n) is 6.43. The maximum atomic E-state index is 14.1. The molecule has 1 aromatic rings. The van der Waals surface area contributed by atoms with Gasteiger partial charge in [-0.2, -0.15) is 0 Å². The number of anilines is 1. The first-order valence-corrected chi connectivity index (χ1v) is 6.43. The quantitative estimate of drug-likeness (QED) is 0.897. The van der Waals surface area contributed by atoms with Crippen molar-refractivity contribution in [2.75, 3.05) is 18.0 Å². The summed E-state index contributed by atoms with van der Waals surface area (Å²) >= 11 is 0. The van der Waals surface area contributed by atoms with Crippen molar-refractivity contribution in [2.45, 2.75) is 39.0 Å². The molecule has 0 spiro atoms. The van der Waals surface area contributed by atoms with Gasteiger partial charge in [0, 0.05) is 19.6 Å². The topological polar surface area (TPSA) is 38.5 Å². The van der Waals surface area contributed by atoms with Crippen LogP contribution in [0.1, 0.15) is 26.3 Å². The lowest BCUT2D eigenvalue weighted by molar-refractivity contribution is -0.0752. The van der Waals surface area contributed by atoms with E-state index in [0.717, 1.165) is 0 Å². The largest absolute Gasteiger partial charge is 0.369 e. The number of morpholine rings is 1. The molecule has 0 radical (unpaired) electrons. The van der Waals surface area contributed by atoms with E-state index >= 15 is 0 Å². The second-order valence-corrected chi connectivity index (χ2v) is 5.68. The molecule has 0 aromatic heterocycles. The fraction of sp³-hybridized carbons (Fsp3) is 0.571. The summed E-state index contributed by atoms with van der Waals surface area (Å²) in [7, 11) is 0. The van der Waals surface area contributed by atoms with Gasteiger partial charge in [-0.1, -0.05) is 0 Å². The lowest BCUT2D eigenvalue weighted by atomic mass is 10.0. The molecule has 5 heteroatoms. The van der Waals surface area contributed by atoms with Crippen LogP contribution >= 0.6 is 0 Å². The Balaban J connectivity index is 2.36. The fourth-order valence-corrected chi connectivity index (χ4v) is 2.66. The minimum atomic E-state index is -0.564. The molecular weight excluding hydrogens is 250 g/mol. The zero-order valence-electron chi connectivity index (χ0n) is 11.5. The second-order valence-electron chi connectivity index (χ2n) is 5.68. The average molecular weight is 270 g/mol. The van der Waals surface area contributed by atoms with Gasteiger partial charge in [0.1, 0.15) is 17.3 Å². The summed E-state index contributed by atoms with van der Waals surface area (Å²) in [5.74, 6) is -1.13. The summed E-state index contributed by atoms with van der Waals surface area (Å²) in [5, 5.41) is 0. The van der Waals surface area contributed by atoms with Gasteiger partial charge >= 0.3 is 0 Å². The van der Waals surface area contributed by atoms with E-state index in [4.69, 9.17) is 10.5 Å². The third kappa shape index (κ3) is 3.04. The number of hydrogen-bond donors (Lipinski definition) is 1. The molecule has 0 saturated carbocycles. The molecule has 1 heterocycles. The normalized spacial score (nSPS) is 22.6. The van der Waals surface area contributed by atoms with Crippen LogP contribution in [0.15, 0.2) is 12.1 Å². The van der Waals surface area contributed by atoms with Crippen molar-refractivity contribution < 1.29 is 13.5 Å². The molecule has 3 nitrogen and oxygen atoms in total. The molecule has 1 aromatic carbocycles. The average Bonchev–Trinajstić information content (AvgIpc) is 2.24. The Morgan fingerprint density at radius 2 is 1.95 bits per heavy atom. The summed E-state index contributed by atoms with van der Waals surface area (Å²) < 4.78 is 33.9. The van der Waals surface area contributed by atoms with Crippen LogP contribution in [-0.4, -0.2) is 24.8 Å². The Hall–Kier alpha value is -1.20. The van der Waals surface area contributed by atoms with E-state index in [1.807, 2.05) is 20.8 Å². The Morgan fingerprint density at radius 1 is 1.37 bits per heavy atom. The van der Waals surface area contributed by atoms with Crippen LogP contribution in [0.25, 0.3) is 0 Å². The minimum absolute atomic E-state index is 0.0143. The summed E-state index contributed by atoms with van der Waals surface area (Å²) in [4.78, 5) is 1.71. The smallest absolute Gasteiger partial charge is 0.149 e. The molecule has 0 bridgehead atoms. The Labute approximate surface area is 112 Å². The van der Waals surface area contributed by atoms with E-state index in [2.05, 4.69) is 0 Å². The van der Waals surface area contributed by atoms with Crippen LogP contribution in [0.4, 0.5) is 14.5 Å². The van der Waals surface area contributed by atoms with Crippen molar-refractivity contribution in [3.05, 3.63) is 29.3 Å². The first kappa shape index (κ1) is 14.2. The van der Waals surface area contributed by atoms with Crippen molar-refractivity contribution >= 4 is 5.69 Å². The number of halogens is 2. The highest BCUT2D eigenvalue weighted by atomic mass is 19.1. The van der Waals surface area contributed by atoms with E-state index in [1.54, 1.807) is 4.90 Å². The highest BCUT2D eigenvalue weighted by molar-refractivity contribution is 5.51. The summed E-state index contributed by atoms with van der Waals surface area (Å²) in [6.45, 7) is 6.78. The Kier molecular flexibility index (Phi) is 3.78. The molecule has 0 amide bonds. The number of ether oxygens (including phenoxy) is 1. The van der Waals surface area contributed by atoms with Crippen molar-refractivity contribution in [2.24, 2.45) is 5.73 Å². The minimum Gasteiger partial charge on any atom is -0.369 e. The fourth-order valence-electron chi connectivity index (χ4n) is 2.66. The predicted octanol–water partition coefficient (Wildman–Crippen LogP) is 2.43. The molecule has 0 aliphatic carbocycles. The molecule has 2 N–H and O–H groups in total. The lowest BCUT2D eigenvalue weighted by Gasteiger charge is -2.43.